The number of nitrogen functional groups attached to an aromatic ring is 1. The van der Waals surface area contributed by atoms with Crippen molar-refractivity contribution in [1.29, 1.82) is 0 Å². The zero-order chi connectivity index (χ0) is 14.9. The van der Waals surface area contributed by atoms with Crippen molar-refractivity contribution in [1.82, 2.24) is 0 Å². The molecule has 0 aromatic heterocycles. The van der Waals surface area contributed by atoms with Crippen LogP contribution in [0.4, 0.5) is 21.5 Å². The standard InChI is InChI=1S/C14H13Cl2FN2O/c1-7-3-13(14(20-2)5-8(7)15)19-12-4-9(16)10(17)6-11(12)18/h3-6,19H,18H2,1-2H3. The molecule has 0 unspecified atom stereocenters. The van der Waals surface area contributed by atoms with Crippen LogP contribution < -0.4 is 15.8 Å². The molecule has 2 aromatic rings. The molecule has 0 heterocycles. The SMILES string of the molecule is COc1cc(Cl)c(C)cc1Nc1cc(Cl)c(F)cc1N. The largest absolute Gasteiger partial charge is 0.495 e. The molecule has 0 saturated heterocycles. The third kappa shape index (κ3) is 2.92. The number of ether oxygens (including phenoxy) is 1. The summed E-state index contributed by atoms with van der Waals surface area (Å²) in [6.07, 6.45) is 0. The molecule has 0 aliphatic heterocycles. The second-order valence-electron chi connectivity index (χ2n) is 4.28. The molecule has 0 saturated carbocycles. The number of nitrogens with two attached hydrogens (primary N) is 1. The maximum Gasteiger partial charge on any atom is 0.143 e. The first-order valence-electron chi connectivity index (χ1n) is 5.78. The minimum Gasteiger partial charge on any atom is -0.495 e. The van der Waals surface area contributed by atoms with Crippen molar-refractivity contribution in [2.75, 3.05) is 18.2 Å². The molecule has 6 heteroatoms. The van der Waals surface area contributed by atoms with Gasteiger partial charge in [-0.3, -0.25) is 0 Å². The van der Waals surface area contributed by atoms with Gasteiger partial charge in [0.15, 0.2) is 0 Å². The minimum absolute atomic E-state index is 0.00801. The second kappa shape index (κ2) is 5.77. The lowest BCUT2D eigenvalue weighted by Gasteiger charge is -2.15. The Hall–Kier alpha value is -1.65. The van der Waals surface area contributed by atoms with Gasteiger partial charge < -0.3 is 15.8 Å². The van der Waals surface area contributed by atoms with Crippen LogP contribution in [0.25, 0.3) is 0 Å². The Morgan fingerprint density at radius 1 is 1.10 bits per heavy atom. The molecule has 106 valence electrons. The number of methoxy groups -OCH3 is 1. The van der Waals surface area contributed by atoms with Crippen LogP contribution >= 0.6 is 23.2 Å². The van der Waals surface area contributed by atoms with E-state index in [4.69, 9.17) is 33.7 Å². The molecule has 2 rings (SSSR count). The van der Waals surface area contributed by atoms with E-state index in [9.17, 15) is 4.39 Å². The van der Waals surface area contributed by atoms with Crippen LogP contribution in [0.5, 0.6) is 5.75 Å². The molecule has 2 aromatic carbocycles. The molecule has 0 aliphatic rings. The zero-order valence-corrected chi connectivity index (χ0v) is 12.4. The van der Waals surface area contributed by atoms with Gasteiger partial charge in [-0.15, -0.1) is 0 Å². The molecule has 3 N–H and O–H groups in total. The Labute approximate surface area is 126 Å². The number of aryl methyl sites for hydroxylation is 1. The number of halogens is 3. The summed E-state index contributed by atoms with van der Waals surface area (Å²) in [5.74, 6) is -0.00517. The molecule has 0 amide bonds. The van der Waals surface area contributed by atoms with E-state index in [-0.39, 0.29) is 10.7 Å². The van der Waals surface area contributed by atoms with E-state index in [0.29, 0.717) is 22.1 Å². The molecule has 20 heavy (non-hydrogen) atoms. The van der Waals surface area contributed by atoms with Gasteiger partial charge in [0.25, 0.3) is 0 Å². The molecule has 0 atom stereocenters. The maximum atomic E-state index is 13.3. The van der Waals surface area contributed by atoms with E-state index in [2.05, 4.69) is 5.32 Å². The van der Waals surface area contributed by atoms with E-state index in [1.165, 1.54) is 19.2 Å². The Morgan fingerprint density at radius 3 is 2.45 bits per heavy atom. The van der Waals surface area contributed by atoms with Crippen molar-refractivity contribution in [2.45, 2.75) is 6.92 Å². The second-order valence-corrected chi connectivity index (χ2v) is 5.09. The van der Waals surface area contributed by atoms with Crippen molar-refractivity contribution in [3.8, 4) is 5.75 Å². The van der Waals surface area contributed by atoms with Crippen molar-refractivity contribution >= 4 is 40.3 Å². The summed E-state index contributed by atoms with van der Waals surface area (Å²) in [6, 6.07) is 6.11. The Morgan fingerprint density at radius 2 is 1.80 bits per heavy atom. The lowest BCUT2D eigenvalue weighted by atomic mass is 10.2. The fourth-order valence-electron chi connectivity index (χ4n) is 1.75. The summed E-state index contributed by atoms with van der Waals surface area (Å²) >= 11 is 11.8. The highest BCUT2D eigenvalue weighted by Gasteiger charge is 2.11. The van der Waals surface area contributed by atoms with Crippen LogP contribution in [-0.2, 0) is 0 Å². The third-order valence-electron chi connectivity index (χ3n) is 2.84. The third-order valence-corrected chi connectivity index (χ3v) is 3.54. The zero-order valence-electron chi connectivity index (χ0n) is 10.9. The first-order chi connectivity index (χ1) is 9.42. The van der Waals surface area contributed by atoms with E-state index in [1.807, 2.05) is 13.0 Å². The van der Waals surface area contributed by atoms with Crippen LogP contribution in [0, 0.1) is 12.7 Å². The van der Waals surface area contributed by atoms with Gasteiger partial charge in [0.05, 0.1) is 29.2 Å². The van der Waals surface area contributed by atoms with Crippen molar-refractivity contribution < 1.29 is 9.13 Å². The minimum atomic E-state index is -0.561. The number of hydrogen-bond donors (Lipinski definition) is 2. The lowest BCUT2D eigenvalue weighted by molar-refractivity contribution is 0.417. The maximum absolute atomic E-state index is 13.3. The molecule has 0 fully saturated rings. The predicted octanol–water partition coefficient (Wildman–Crippen LogP) is 4.78. The molecule has 0 aliphatic carbocycles. The van der Waals surface area contributed by atoms with E-state index < -0.39 is 5.82 Å². The summed E-state index contributed by atoms with van der Waals surface area (Å²) in [7, 11) is 1.53. The first-order valence-corrected chi connectivity index (χ1v) is 6.53. The number of benzene rings is 2. The van der Waals surface area contributed by atoms with Gasteiger partial charge in [-0.25, -0.2) is 4.39 Å². The first kappa shape index (κ1) is 14.8. The summed E-state index contributed by atoms with van der Waals surface area (Å²) in [5, 5.41) is 3.65. The molecule has 0 radical (unpaired) electrons. The molecule has 3 nitrogen and oxygen atoms in total. The van der Waals surface area contributed by atoms with Gasteiger partial charge in [-0.05, 0) is 24.6 Å². The van der Waals surface area contributed by atoms with Gasteiger partial charge >= 0.3 is 0 Å². The summed E-state index contributed by atoms with van der Waals surface area (Å²) in [4.78, 5) is 0. The molecular formula is C14H13Cl2FN2O. The molecular weight excluding hydrogens is 302 g/mol. The Balaban J connectivity index is 2.44. The van der Waals surface area contributed by atoms with Gasteiger partial charge in [0.1, 0.15) is 11.6 Å². The van der Waals surface area contributed by atoms with Gasteiger partial charge in [0.2, 0.25) is 0 Å². The summed E-state index contributed by atoms with van der Waals surface area (Å²) in [5.41, 5.74) is 8.06. The predicted molar refractivity (Wildman–Crippen MR) is 81.8 cm³/mol. The van der Waals surface area contributed by atoms with Crippen molar-refractivity contribution in [2.24, 2.45) is 0 Å². The topological polar surface area (TPSA) is 47.3 Å². The highest BCUT2D eigenvalue weighted by atomic mass is 35.5. The highest BCUT2D eigenvalue weighted by Crippen LogP contribution is 2.35. The smallest absolute Gasteiger partial charge is 0.143 e. The fraction of sp³-hybridized carbons (Fsp3) is 0.143. The summed E-state index contributed by atoms with van der Waals surface area (Å²) < 4.78 is 18.5. The Bertz CT molecular complexity index is 662. The monoisotopic (exact) mass is 314 g/mol. The average Bonchev–Trinajstić information content (AvgIpc) is 2.39. The van der Waals surface area contributed by atoms with Gasteiger partial charge in [-0.1, -0.05) is 23.2 Å². The van der Waals surface area contributed by atoms with Crippen LogP contribution in [0.15, 0.2) is 24.3 Å². The van der Waals surface area contributed by atoms with Crippen LogP contribution in [0.3, 0.4) is 0 Å². The number of anilines is 3. The highest BCUT2D eigenvalue weighted by molar-refractivity contribution is 6.31. The van der Waals surface area contributed by atoms with E-state index >= 15 is 0 Å². The van der Waals surface area contributed by atoms with Crippen LogP contribution in [-0.4, -0.2) is 7.11 Å². The number of nitrogens with one attached hydrogen (secondary N) is 1. The van der Waals surface area contributed by atoms with Crippen LogP contribution in [0.2, 0.25) is 10.0 Å². The van der Waals surface area contributed by atoms with Crippen molar-refractivity contribution in [3.05, 3.63) is 45.7 Å². The summed E-state index contributed by atoms with van der Waals surface area (Å²) in [6.45, 7) is 1.87. The quantitative estimate of drug-likeness (QED) is 0.802. The number of rotatable bonds is 3. The average molecular weight is 315 g/mol. The van der Waals surface area contributed by atoms with Gasteiger partial charge in [-0.2, -0.15) is 0 Å². The van der Waals surface area contributed by atoms with E-state index in [0.717, 1.165) is 5.56 Å². The van der Waals surface area contributed by atoms with Crippen LogP contribution in [0.1, 0.15) is 5.56 Å². The fourth-order valence-corrected chi connectivity index (χ4v) is 2.06. The number of hydrogen-bond acceptors (Lipinski definition) is 3. The Kier molecular flexibility index (Phi) is 4.26. The normalized spacial score (nSPS) is 10.4. The van der Waals surface area contributed by atoms with E-state index in [1.54, 1.807) is 6.07 Å². The lowest BCUT2D eigenvalue weighted by Crippen LogP contribution is -2.00. The molecule has 0 bridgehead atoms. The van der Waals surface area contributed by atoms with Gasteiger partial charge in [0, 0.05) is 17.2 Å². The van der Waals surface area contributed by atoms with Crippen molar-refractivity contribution in [3.63, 3.8) is 0 Å². The molecule has 0 spiro atoms.